The second-order valence-electron chi connectivity index (χ2n) is 6.59. The Morgan fingerprint density at radius 1 is 1.20 bits per heavy atom. The fourth-order valence-electron chi connectivity index (χ4n) is 2.75. The van der Waals surface area contributed by atoms with Gasteiger partial charge < -0.3 is 20.2 Å². The number of hydrogen-bond donors (Lipinski definition) is 1. The van der Waals surface area contributed by atoms with Gasteiger partial charge in [-0.1, -0.05) is 6.07 Å². The highest BCUT2D eigenvalue weighted by atomic mass is 19.4. The maximum Gasteiger partial charge on any atom is 0.491 e. The van der Waals surface area contributed by atoms with Gasteiger partial charge in [0.2, 0.25) is 5.43 Å². The number of nitrogens with zero attached hydrogens (tertiary/aromatic N) is 2. The molecule has 0 fully saturated rings. The Kier molecular flexibility index (Phi) is 7.57. The summed E-state index contributed by atoms with van der Waals surface area (Å²) in [6, 6.07) is 5.03. The maximum absolute atomic E-state index is 12.8. The van der Waals surface area contributed by atoms with Crippen molar-refractivity contribution in [3.05, 3.63) is 45.7 Å². The minimum atomic E-state index is -5.35. The molecule has 1 aromatic heterocycles. The maximum atomic E-state index is 12.8. The molecule has 1 aromatic carbocycles. The number of aromatic nitrogens is 1. The number of hydrogen-bond acceptors (Lipinski definition) is 7. The SMILES string of the molecule is CN(C)n1cc(C(=O)OC(=O)C(F)(F)F)c(=O)c2cc(CCCOCCN)ccc21. The van der Waals surface area contributed by atoms with Gasteiger partial charge in [-0.25, -0.2) is 9.59 Å². The number of carbonyl (C=O) groups is 2. The van der Waals surface area contributed by atoms with Gasteiger partial charge >= 0.3 is 18.1 Å². The number of carbonyl (C=O) groups excluding carboxylic acids is 2. The van der Waals surface area contributed by atoms with E-state index in [0.29, 0.717) is 38.1 Å². The van der Waals surface area contributed by atoms with Crippen LogP contribution in [0.15, 0.2) is 29.2 Å². The molecule has 0 aliphatic heterocycles. The van der Waals surface area contributed by atoms with Gasteiger partial charge in [0, 0.05) is 38.8 Å². The van der Waals surface area contributed by atoms with Crippen LogP contribution in [0.5, 0.6) is 0 Å². The summed E-state index contributed by atoms with van der Waals surface area (Å²) in [5, 5.41) is 1.63. The van der Waals surface area contributed by atoms with Crippen LogP contribution >= 0.6 is 0 Å². The molecule has 0 radical (unpaired) electrons. The highest BCUT2D eigenvalue weighted by Gasteiger charge is 2.43. The van der Waals surface area contributed by atoms with Crippen molar-refractivity contribution in [3.63, 3.8) is 0 Å². The van der Waals surface area contributed by atoms with Crippen molar-refractivity contribution >= 4 is 22.8 Å². The molecule has 0 aliphatic rings. The molecule has 30 heavy (non-hydrogen) atoms. The highest BCUT2D eigenvalue weighted by molar-refractivity contribution is 6.00. The Morgan fingerprint density at radius 2 is 1.90 bits per heavy atom. The zero-order valence-corrected chi connectivity index (χ0v) is 16.5. The lowest BCUT2D eigenvalue weighted by atomic mass is 10.0. The minimum Gasteiger partial charge on any atom is -0.382 e. The van der Waals surface area contributed by atoms with Gasteiger partial charge in [0.25, 0.3) is 0 Å². The Balaban J connectivity index is 2.41. The molecule has 0 saturated carbocycles. The Morgan fingerprint density at radius 3 is 2.50 bits per heavy atom. The van der Waals surface area contributed by atoms with E-state index in [9.17, 15) is 27.6 Å². The second-order valence-corrected chi connectivity index (χ2v) is 6.59. The molecule has 0 bridgehead atoms. The average molecular weight is 429 g/mol. The third-order valence-electron chi connectivity index (χ3n) is 4.13. The Labute approximate surface area is 169 Å². The van der Waals surface area contributed by atoms with Gasteiger partial charge in [0.1, 0.15) is 5.56 Å². The summed E-state index contributed by atoms with van der Waals surface area (Å²) in [7, 11) is 3.23. The molecule has 2 N–H and O–H groups in total. The zero-order chi connectivity index (χ0) is 22.5. The highest BCUT2D eigenvalue weighted by Crippen LogP contribution is 2.19. The van der Waals surface area contributed by atoms with E-state index in [4.69, 9.17) is 10.5 Å². The van der Waals surface area contributed by atoms with Gasteiger partial charge in [-0.3, -0.25) is 9.47 Å². The van der Waals surface area contributed by atoms with Crippen molar-refractivity contribution < 1.29 is 32.2 Å². The summed E-state index contributed by atoms with van der Waals surface area (Å²) >= 11 is 0. The van der Waals surface area contributed by atoms with E-state index in [0.717, 1.165) is 11.8 Å². The van der Waals surface area contributed by atoms with Gasteiger partial charge in [-0.05, 0) is 30.5 Å². The molecule has 0 spiro atoms. The van der Waals surface area contributed by atoms with E-state index in [1.807, 2.05) is 0 Å². The van der Waals surface area contributed by atoms with Crippen LogP contribution < -0.4 is 16.2 Å². The lowest BCUT2D eigenvalue weighted by molar-refractivity contribution is -0.193. The van der Waals surface area contributed by atoms with Gasteiger partial charge in [0.15, 0.2) is 0 Å². The molecule has 2 aromatic rings. The van der Waals surface area contributed by atoms with E-state index in [1.165, 1.54) is 9.69 Å². The molecule has 0 atom stereocenters. The van der Waals surface area contributed by atoms with Crippen LogP contribution in [0.2, 0.25) is 0 Å². The number of rotatable bonds is 8. The lowest BCUT2D eigenvalue weighted by Gasteiger charge is -2.21. The molecule has 1 heterocycles. The van der Waals surface area contributed by atoms with Crippen LogP contribution in [0.3, 0.4) is 0 Å². The van der Waals surface area contributed by atoms with E-state index in [1.54, 1.807) is 32.3 Å². The smallest absolute Gasteiger partial charge is 0.382 e. The van der Waals surface area contributed by atoms with Crippen molar-refractivity contribution in [2.75, 3.05) is 38.9 Å². The van der Waals surface area contributed by atoms with E-state index >= 15 is 0 Å². The molecule has 0 amide bonds. The summed E-state index contributed by atoms with van der Waals surface area (Å²) in [5.74, 6) is -4.35. The molecule has 0 aliphatic carbocycles. The molecule has 8 nitrogen and oxygen atoms in total. The van der Waals surface area contributed by atoms with Gasteiger partial charge in [-0.15, -0.1) is 0 Å². The van der Waals surface area contributed by atoms with Crippen LogP contribution in [0, 0.1) is 0 Å². The van der Waals surface area contributed by atoms with E-state index in [-0.39, 0.29) is 5.39 Å². The van der Waals surface area contributed by atoms with Crippen LogP contribution in [-0.4, -0.2) is 56.6 Å². The predicted octanol–water partition coefficient (Wildman–Crippen LogP) is 1.35. The van der Waals surface area contributed by atoms with Crippen molar-refractivity contribution in [2.45, 2.75) is 19.0 Å². The molecule has 0 unspecified atom stereocenters. The first-order chi connectivity index (χ1) is 14.1. The lowest BCUT2D eigenvalue weighted by Crippen LogP contribution is -2.33. The van der Waals surface area contributed by atoms with Gasteiger partial charge in [-0.2, -0.15) is 13.2 Å². The Bertz CT molecular complexity index is 986. The standard InChI is InChI=1S/C19H22F3N3O5/c1-24(2)25-11-14(17(27)30-18(28)19(20,21)22)16(26)13-10-12(5-6-15(13)25)4-3-8-29-9-7-23/h5-6,10-11H,3-4,7-9,23H2,1-2H3. The summed E-state index contributed by atoms with van der Waals surface area (Å²) in [5.41, 5.74) is 5.04. The number of pyridine rings is 1. The largest absolute Gasteiger partial charge is 0.491 e. The summed E-state index contributed by atoms with van der Waals surface area (Å²) in [6.45, 7) is 1.33. The third-order valence-corrected chi connectivity index (χ3v) is 4.13. The fraction of sp³-hybridized carbons (Fsp3) is 0.421. The minimum absolute atomic E-state index is 0.109. The van der Waals surface area contributed by atoms with Crippen molar-refractivity contribution in [1.82, 2.24) is 4.68 Å². The number of aryl methyl sites for hydroxylation is 1. The van der Waals surface area contributed by atoms with Crippen LogP contribution in [0.1, 0.15) is 22.3 Å². The number of esters is 2. The molecular weight excluding hydrogens is 407 g/mol. The van der Waals surface area contributed by atoms with Crippen LogP contribution in [-0.2, 0) is 20.7 Å². The number of ether oxygens (including phenoxy) is 2. The van der Waals surface area contributed by atoms with Crippen molar-refractivity contribution in [2.24, 2.45) is 5.73 Å². The Hall–Kier alpha value is -2.92. The van der Waals surface area contributed by atoms with E-state index in [2.05, 4.69) is 4.74 Å². The zero-order valence-electron chi connectivity index (χ0n) is 16.5. The predicted molar refractivity (Wildman–Crippen MR) is 103 cm³/mol. The first-order valence-electron chi connectivity index (χ1n) is 9.03. The fourth-order valence-corrected chi connectivity index (χ4v) is 2.75. The molecule has 2 rings (SSSR count). The number of nitrogens with two attached hydrogens (primary N) is 1. The van der Waals surface area contributed by atoms with Crippen LogP contribution in [0.4, 0.5) is 13.2 Å². The topological polar surface area (TPSA) is 104 Å². The average Bonchev–Trinajstić information content (AvgIpc) is 2.67. The van der Waals surface area contributed by atoms with Gasteiger partial charge in [0.05, 0.1) is 12.1 Å². The quantitative estimate of drug-likeness (QED) is 0.384. The first kappa shape index (κ1) is 23.4. The molecule has 0 saturated heterocycles. The summed E-state index contributed by atoms with van der Waals surface area (Å²) in [4.78, 5) is 35.9. The monoisotopic (exact) mass is 429 g/mol. The second kappa shape index (κ2) is 9.72. The third kappa shape index (κ3) is 5.57. The van der Waals surface area contributed by atoms with Crippen molar-refractivity contribution in [1.29, 1.82) is 0 Å². The molecule has 164 valence electrons. The number of benzene rings is 1. The number of fused-ring (bicyclic) bond motifs is 1. The van der Waals surface area contributed by atoms with E-state index < -0.39 is 29.1 Å². The molecule has 11 heteroatoms. The molecular formula is C19H22F3N3O5. The van der Waals surface area contributed by atoms with Crippen molar-refractivity contribution in [3.8, 4) is 0 Å². The van der Waals surface area contributed by atoms with Crippen LogP contribution in [0.25, 0.3) is 10.9 Å². The number of alkyl halides is 3. The first-order valence-corrected chi connectivity index (χ1v) is 9.03. The summed E-state index contributed by atoms with van der Waals surface area (Å²) < 4.78 is 47.7. The number of halogens is 3. The summed E-state index contributed by atoms with van der Waals surface area (Å²) in [6.07, 6.45) is -3.08. The normalized spacial score (nSPS) is 11.5.